The van der Waals surface area contributed by atoms with Crippen molar-refractivity contribution < 1.29 is 15.3 Å². The van der Waals surface area contributed by atoms with Crippen LogP contribution in [-0.2, 0) is 0 Å². The van der Waals surface area contributed by atoms with Crippen molar-refractivity contribution in [3.63, 3.8) is 0 Å². The Morgan fingerprint density at radius 1 is 1.50 bits per heavy atom. The van der Waals surface area contributed by atoms with Gasteiger partial charge >= 0.3 is 5.69 Å². The maximum absolute atomic E-state index is 11.3. The molecule has 0 aliphatic rings. The minimum Gasteiger partial charge on any atom is -0.396 e. The topological polar surface area (TPSA) is 134 Å². The number of hydrogen-bond donors (Lipinski definition) is 4. The second kappa shape index (κ2) is 5.54. The molecule has 8 nitrogen and oxygen atoms in total. The molecular weight excluding hydrogens is 216 g/mol. The summed E-state index contributed by atoms with van der Waals surface area (Å²) >= 11 is 0. The summed E-state index contributed by atoms with van der Waals surface area (Å²) in [4.78, 5) is 18.1. The van der Waals surface area contributed by atoms with Crippen molar-refractivity contribution in [1.29, 1.82) is 0 Å². The van der Waals surface area contributed by atoms with Crippen LogP contribution in [0.25, 0.3) is 0 Å². The van der Waals surface area contributed by atoms with Crippen molar-refractivity contribution in [2.75, 3.05) is 12.3 Å². The van der Waals surface area contributed by atoms with Crippen molar-refractivity contribution >= 4 is 5.95 Å². The van der Waals surface area contributed by atoms with Crippen LogP contribution in [0.1, 0.15) is 19.1 Å². The first-order valence-electron chi connectivity index (χ1n) is 4.72. The summed E-state index contributed by atoms with van der Waals surface area (Å²) in [6, 6.07) is 0. The summed E-state index contributed by atoms with van der Waals surface area (Å²) in [6.07, 6.45) is -1.05. The van der Waals surface area contributed by atoms with Crippen molar-refractivity contribution in [2.24, 2.45) is 0 Å². The molecule has 90 valence electrons. The SMILES string of the molecule is Nc1ncn(C(O)CC(O)CCO)c(=O)n1. The fraction of sp³-hybridized carbons (Fsp3) is 0.625. The second-order valence-corrected chi connectivity index (χ2v) is 3.29. The normalized spacial score (nSPS) is 14.7. The van der Waals surface area contributed by atoms with Crippen LogP contribution < -0.4 is 11.4 Å². The summed E-state index contributed by atoms with van der Waals surface area (Å²) in [5.74, 6) is -0.177. The molecule has 16 heavy (non-hydrogen) atoms. The number of hydrogen-bond acceptors (Lipinski definition) is 7. The highest BCUT2D eigenvalue weighted by Crippen LogP contribution is 2.09. The maximum Gasteiger partial charge on any atom is 0.354 e. The van der Waals surface area contributed by atoms with E-state index in [1.165, 1.54) is 0 Å². The fourth-order valence-electron chi connectivity index (χ4n) is 1.18. The van der Waals surface area contributed by atoms with Gasteiger partial charge in [0.1, 0.15) is 12.6 Å². The molecule has 5 N–H and O–H groups in total. The molecule has 0 aliphatic heterocycles. The summed E-state index contributed by atoms with van der Waals surface area (Å²) in [6.45, 7) is -0.193. The van der Waals surface area contributed by atoms with Gasteiger partial charge in [0.15, 0.2) is 0 Å². The highest BCUT2D eigenvalue weighted by molar-refractivity contribution is 5.09. The molecule has 1 aromatic heterocycles. The third-order valence-corrected chi connectivity index (χ3v) is 2.01. The Balaban J connectivity index is 2.73. The molecule has 0 amide bonds. The molecule has 0 saturated heterocycles. The van der Waals surface area contributed by atoms with E-state index in [1.54, 1.807) is 0 Å². The molecule has 1 aromatic rings. The smallest absolute Gasteiger partial charge is 0.354 e. The molecule has 1 heterocycles. The first-order valence-corrected chi connectivity index (χ1v) is 4.72. The maximum atomic E-state index is 11.3. The number of nitrogens with zero attached hydrogens (tertiary/aromatic N) is 3. The van der Waals surface area contributed by atoms with Gasteiger partial charge in [0.2, 0.25) is 5.95 Å². The zero-order valence-corrected chi connectivity index (χ0v) is 8.52. The lowest BCUT2D eigenvalue weighted by Gasteiger charge is -2.16. The van der Waals surface area contributed by atoms with Gasteiger partial charge in [-0.1, -0.05) is 0 Å². The predicted molar refractivity (Wildman–Crippen MR) is 54.3 cm³/mol. The Hall–Kier alpha value is -1.51. The number of nitrogens with two attached hydrogens (primary N) is 1. The van der Waals surface area contributed by atoms with E-state index in [-0.39, 0.29) is 25.4 Å². The van der Waals surface area contributed by atoms with Crippen molar-refractivity contribution in [3.8, 4) is 0 Å². The number of nitrogen functional groups attached to an aromatic ring is 1. The molecule has 0 fully saturated rings. The third-order valence-electron chi connectivity index (χ3n) is 2.01. The number of aromatic nitrogens is 3. The minimum atomic E-state index is -1.24. The first kappa shape index (κ1) is 12.6. The monoisotopic (exact) mass is 230 g/mol. The average Bonchev–Trinajstić information content (AvgIpc) is 2.17. The van der Waals surface area contributed by atoms with Gasteiger partial charge < -0.3 is 21.1 Å². The van der Waals surface area contributed by atoms with Gasteiger partial charge in [0.25, 0.3) is 0 Å². The Labute approximate surface area is 91.0 Å². The van der Waals surface area contributed by atoms with E-state index in [0.717, 1.165) is 10.9 Å². The van der Waals surface area contributed by atoms with Crippen LogP contribution in [0, 0.1) is 0 Å². The Morgan fingerprint density at radius 3 is 2.75 bits per heavy atom. The highest BCUT2D eigenvalue weighted by Gasteiger charge is 2.15. The third kappa shape index (κ3) is 3.26. The molecular formula is C8H14N4O4. The molecule has 0 aromatic carbocycles. The number of anilines is 1. The van der Waals surface area contributed by atoms with E-state index in [4.69, 9.17) is 10.8 Å². The molecule has 1 rings (SSSR count). The van der Waals surface area contributed by atoms with Gasteiger partial charge in [-0.2, -0.15) is 4.98 Å². The van der Waals surface area contributed by atoms with Gasteiger partial charge in [-0.3, -0.25) is 4.57 Å². The largest absolute Gasteiger partial charge is 0.396 e. The van der Waals surface area contributed by atoms with Gasteiger partial charge in [0.05, 0.1) is 6.10 Å². The molecule has 0 saturated carbocycles. The zero-order valence-electron chi connectivity index (χ0n) is 8.52. The van der Waals surface area contributed by atoms with Crippen LogP contribution in [0.2, 0.25) is 0 Å². The Morgan fingerprint density at radius 2 is 2.19 bits per heavy atom. The average molecular weight is 230 g/mol. The predicted octanol–water partition coefficient (Wildman–Crippen LogP) is -2.16. The van der Waals surface area contributed by atoms with E-state index < -0.39 is 18.0 Å². The lowest BCUT2D eigenvalue weighted by Crippen LogP contribution is -2.30. The minimum absolute atomic E-state index is 0.0895. The first-order chi connectivity index (χ1) is 7.54. The highest BCUT2D eigenvalue weighted by atomic mass is 16.3. The van der Waals surface area contributed by atoms with Crippen molar-refractivity contribution in [2.45, 2.75) is 25.2 Å². The molecule has 0 bridgehead atoms. The van der Waals surface area contributed by atoms with Gasteiger partial charge in [-0.15, -0.1) is 0 Å². The molecule has 8 heteroatoms. The Kier molecular flexibility index (Phi) is 4.35. The van der Waals surface area contributed by atoms with Crippen LogP contribution in [0.4, 0.5) is 5.95 Å². The summed E-state index contributed by atoms with van der Waals surface area (Å²) < 4.78 is 0.858. The van der Waals surface area contributed by atoms with E-state index in [9.17, 15) is 15.0 Å². The van der Waals surface area contributed by atoms with Crippen molar-refractivity contribution in [3.05, 3.63) is 16.8 Å². The fourth-order valence-corrected chi connectivity index (χ4v) is 1.18. The molecule has 0 spiro atoms. The summed E-state index contributed by atoms with van der Waals surface area (Å²) in [5.41, 5.74) is 4.44. The standard InChI is InChI=1S/C8H14N4O4/c9-7-10-4-12(8(16)11-7)6(15)3-5(14)1-2-13/h4-6,13-15H,1-3H2,(H2,9,11,16). The van der Waals surface area contributed by atoms with Gasteiger partial charge in [0, 0.05) is 13.0 Å². The number of aliphatic hydroxyl groups is 3. The Bertz CT molecular complexity index is 394. The van der Waals surface area contributed by atoms with E-state index in [1.807, 2.05) is 0 Å². The van der Waals surface area contributed by atoms with E-state index >= 15 is 0 Å². The quantitative estimate of drug-likeness (QED) is 0.452. The van der Waals surface area contributed by atoms with Gasteiger partial charge in [-0.05, 0) is 6.42 Å². The van der Waals surface area contributed by atoms with Gasteiger partial charge in [-0.25, -0.2) is 9.78 Å². The second-order valence-electron chi connectivity index (χ2n) is 3.29. The molecule has 2 unspecified atom stereocenters. The van der Waals surface area contributed by atoms with Crippen LogP contribution in [0.5, 0.6) is 0 Å². The summed E-state index contributed by atoms with van der Waals surface area (Å²) in [7, 11) is 0. The lowest BCUT2D eigenvalue weighted by atomic mass is 10.2. The molecule has 0 aliphatic carbocycles. The number of rotatable bonds is 5. The van der Waals surface area contributed by atoms with Crippen LogP contribution in [0.3, 0.4) is 0 Å². The molecule has 2 atom stereocenters. The van der Waals surface area contributed by atoms with Crippen molar-refractivity contribution in [1.82, 2.24) is 14.5 Å². The van der Waals surface area contributed by atoms with Crippen LogP contribution >= 0.6 is 0 Å². The van der Waals surface area contributed by atoms with E-state index in [2.05, 4.69) is 9.97 Å². The van der Waals surface area contributed by atoms with Crippen LogP contribution in [0.15, 0.2) is 11.1 Å². The summed E-state index contributed by atoms with van der Waals surface area (Å²) in [5, 5.41) is 27.5. The molecule has 0 radical (unpaired) electrons. The number of aliphatic hydroxyl groups excluding tert-OH is 3. The zero-order chi connectivity index (χ0) is 12.1. The van der Waals surface area contributed by atoms with Crippen LogP contribution in [-0.4, -0.2) is 42.6 Å². The lowest BCUT2D eigenvalue weighted by molar-refractivity contribution is 0.0233. The van der Waals surface area contributed by atoms with E-state index in [0.29, 0.717) is 0 Å².